The van der Waals surface area contributed by atoms with E-state index in [1.807, 2.05) is 4.98 Å². The molecule has 2 aliphatic rings. The Bertz CT molecular complexity index is 1360. The van der Waals surface area contributed by atoms with Crippen LogP contribution in [0, 0.1) is 0 Å². The molecule has 3 rings (SSSR count). The Balaban J connectivity index is 0.000000317. The van der Waals surface area contributed by atoms with E-state index >= 15 is 0 Å². The molecule has 0 aromatic carbocycles. The maximum Gasteiger partial charge on any atom is 0.481 e. The van der Waals surface area contributed by atoms with Gasteiger partial charge in [0.15, 0.2) is 12.5 Å². The van der Waals surface area contributed by atoms with Crippen molar-refractivity contribution in [2.45, 2.75) is 55.2 Å². The number of nitrogens with one attached hydrogen (secondary N) is 2. The number of phosphoric acid groups is 2. The van der Waals surface area contributed by atoms with Crippen molar-refractivity contribution in [3.8, 4) is 0 Å². The highest BCUT2D eigenvalue weighted by atomic mass is 31.3. The molecule has 0 bridgehead atoms. The van der Waals surface area contributed by atoms with Crippen molar-refractivity contribution in [3.05, 3.63) is 43.5 Å². The summed E-state index contributed by atoms with van der Waals surface area (Å²) < 4.78 is 40.5. The van der Waals surface area contributed by atoms with Gasteiger partial charge in [-0.05, 0) is 5.53 Å². The standard InChI is InChI=1S/C9H14N2O12P2.C8H14N4O6/c12-5-1-2-11(9(15)10-5)8-7(14)6(13)4(22-8)3-21-25(19,20)23-24(16,17)18;9-12-10-1-4(14)11-5-7(16)6(15)3(2-13)18-8(5)17/h1-2,4,6-8,13-14H,3H2,(H,19,20)(H,10,12,15)(H2,16,17,18);3,5-8,13,15-17H,1-2H2,(H,11,14)/t4-,6-,7-,8-;3-,5-,6-,7-,8?/m11/s1. The van der Waals surface area contributed by atoms with Crippen molar-refractivity contribution < 1.29 is 77.6 Å². The summed E-state index contributed by atoms with van der Waals surface area (Å²) in [6, 6.07) is -0.312. The summed E-state index contributed by atoms with van der Waals surface area (Å²) >= 11 is 0. The molecule has 26 heteroatoms. The quantitative estimate of drug-likeness (QED) is 0.0480. The first-order valence-electron chi connectivity index (χ1n) is 11.6. The number of nitrogens with zero attached hydrogens (tertiary/aromatic N) is 4. The largest absolute Gasteiger partial charge is 0.481 e. The van der Waals surface area contributed by atoms with Gasteiger partial charge in [-0.2, -0.15) is 4.31 Å². The first-order chi connectivity index (χ1) is 19.9. The number of aromatic amines is 1. The average Bonchev–Trinajstić information content (AvgIpc) is 3.18. The summed E-state index contributed by atoms with van der Waals surface area (Å²) in [5.41, 5.74) is 6.38. The van der Waals surface area contributed by atoms with Crippen LogP contribution in [0.15, 0.2) is 27.0 Å². The van der Waals surface area contributed by atoms with Gasteiger partial charge in [0.2, 0.25) is 5.91 Å². The van der Waals surface area contributed by atoms with Crippen LogP contribution in [0.3, 0.4) is 0 Å². The van der Waals surface area contributed by atoms with E-state index < -0.39 is 108 Å². The highest BCUT2D eigenvalue weighted by molar-refractivity contribution is 7.60. The second-order valence-corrected chi connectivity index (χ2v) is 11.4. The lowest BCUT2D eigenvalue weighted by molar-refractivity contribution is -0.253. The van der Waals surface area contributed by atoms with Crippen LogP contribution >= 0.6 is 15.6 Å². The zero-order valence-electron chi connectivity index (χ0n) is 21.4. The molecule has 1 aromatic rings. The van der Waals surface area contributed by atoms with E-state index in [9.17, 15) is 49.0 Å². The molecular formula is C17H28N6O18P2. The number of H-pyrrole nitrogens is 1. The van der Waals surface area contributed by atoms with E-state index in [1.54, 1.807) is 0 Å². The van der Waals surface area contributed by atoms with E-state index in [0.717, 1.165) is 16.8 Å². The van der Waals surface area contributed by atoms with Crippen LogP contribution in [-0.4, -0.2) is 129 Å². The van der Waals surface area contributed by atoms with E-state index in [0.29, 0.717) is 0 Å². The molecule has 1 aromatic heterocycles. The van der Waals surface area contributed by atoms with Gasteiger partial charge < -0.3 is 60.1 Å². The van der Waals surface area contributed by atoms with Crippen molar-refractivity contribution in [2.24, 2.45) is 5.11 Å². The van der Waals surface area contributed by atoms with Crippen molar-refractivity contribution in [1.82, 2.24) is 14.9 Å². The third-order valence-electron chi connectivity index (χ3n) is 5.58. The maximum absolute atomic E-state index is 11.7. The summed E-state index contributed by atoms with van der Waals surface area (Å²) in [6.45, 7) is -2.00. The predicted molar refractivity (Wildman–Crippen MR) is 132 cm³/mol. The summed E-state index contributed by atoms with van der Waals surface area (Å²) in [6.07, 6.45) is -10.9. The number of aliphatic hydroxyl groups excluding tert-OH is 6. The van der Waals surface area contributed by atoms with Gasteiger partial charge in [0.25, 0.3) is 5.56 Å². The van der Waals surface area contributed by atoms with E-state index in [1.165, 1.54) is 0 Å². The number of hydrogen-bond donors (Lipinski definition) is 11. The van der Waals surface area contributed by atoms with Crippen LogP contribution in [0.2, 0.25) is 0 Å². The molecule has 2 fully saturated rings. The Morgan fingerprint density at radius 3 is 2.26 bits per heavy atom. The van der Waals surface area contributed by atoms with Gasteiger partial charge >= 0.3 is 21.3 Å². The fourth-order valence-corrected chi connectivity index (χ4v) is 5.23. The monoisotopic (exact) mass is 666 g/mol. The molecular weight excluding hydrogens is 638 g/mol. The minimum absolute atomic E-state index is 0.508. The molecule has 43 heavy (non-hydrogen) atoms. The number of carbonyl (C=O) groups excluding carboxylic acids is 1. The molecule has 0 aliphatic carbocycles. The highest BCUT2D eigenvalue weighted by Gasteiger charge is 2.46. The number of azide groups is 1. The minimum atomic E-state index is -5.32. The number of rotatable bonds is 10. The molecule has 0 spiro atoms. The molecule has 3 heterocycles. The summed E-state index contributed by atoms with van der Waals surface area (Å²) in [5, 5.41) is 62.5. The van der Waals surface area contributed by atoms with Gasteiger partial charge in [0, 0.05) is 17.2 Å². The zero-order chi connectivity index (χ0) is 32.7. The average molecular weight is 666 g/mol. The number of ether oxygens (including phenoxy) is 2. The SMILES string of the molecule is O=c1ccn([C@@H]2O[C@H](COP(=O)(O)OP(=O)(O)O)[C@@H](O)[C@H]2O)c(=O)[nH]1.[N-]=[N+]=NCC(=O)N[C@H]1C(O)O[C@H](CO)[C@@H](O)[C@@H]1O. The third kappa shape index (κ3) is 10.5. The second kappa shape index (κ2) is 15.4. The fourth-order valence-electron chi connectivity index (χ4n) is 3.63. The van der Waals surface area contributed by atoms with Crippen LogP contribution < -0.4 is 16.6 Å². The zero-order valence-corrected chi connectivity index (χ0v) is 23.1. The van der Waals surface area contributed by atoms with Crippen LogP contribution in [0.4, 0.5) is 0 Å². The first kappa shape index (κ1) is 36.6. The van der Waals surface area contributed by atoms with Crippen molar-refractivity contribution in [2.75, 3.05) is 19.8 Å². The minimum Gasteiger partial charge on any atom is -0.394 e. The summed E-state index contributed by atoms with van der Waals surface area (Å²) in [7, 11) is -10.5. The number of aromatic nitrogens is 2. The predicted octanol–water partition coefficient (Wildman–Crippen LogP) is -5.41. The van der Waals surface area contributed by atoms with Gasteiger partial charge in [0.05, 0.1) is 13.2 Å². The molecule has 0 saturated carbocycles. The van der Waals surface area contributed by atoms with E-state index in [4.69, 9.17) is 34.8 Å². The van der Waals surface area contributed by atoms with Gasteiger partial charge in [-0.1, -0.05) is 5.11 Å². The van der Waals surface area contributed by atoms with Crippen LogP contribution in [0.5, 0.6) is 0 Å². The lowest BCUT2D eigenvalue weighted by Crippen LogP contribution is -2.64. The molecule has 244 valence electrons. The van der Waals surface area contributed by atoms with Crippen LogP contribution in [0.1, 0.15) is 6.23 Å². The molecule has 2 unspecified atom stereocenters. The van der Waals surface area contributed by atoms with Gasteiger partial charge in [-0.25, -0.2) is 13.9 Å². The lowest BCUT2D eigenvalue weighted by atomic mass is 9.97. The molecule has 1 amide bonds. The fraction of sp³-hybridized carbons (Fsp3) is 0.706. The highest BCUT2D eigenvalue weighted by Crippen LogP contribution is 2.57. The molecule has 0 radical (unpaired) electrons. The summed E-state index contributed by atoms with van der Waals surface area (Å²) in [4.78, 5) is 64.3. The molecule has 11 N–H and O–H groups in total. The van der Waals surface area contributed by atoms with Crippen molar-refractivity contribution >= 4 is 21.6 Å². The number of amides is 1. The van der Waals surface area contributed by atoms with Crippen LogP contribution in [-0.2, 0) is 32.2 Å². The Labute approximate surface area is 238 Å². The molecule has 2 aliphatic heterocycles. The summed E-state index contributed by atoms with van der Waals surface area (Å²) in [5.74, 6) is -0.742. The Morgan fingerprint density at radius 1 is 1.07 bits per heavy atom. The third-order valence-corrected chi connectivity index (χ3v) is 7.73. The van der Waals surface area contributed by atoms with Gasteiger partial charge in [-0.3, -0.25) is 23.7 Å². The lowest BCUT2D eigenvalue weighted by Gasteiger charge is -2.40. The van der Waals surface area contributed by atoms with E-state index in [-0.39, 0.29) is 0 Å². The Morgan fingerprint density at radius 2 is 1.70 bits per heavy atom. The Hall–Kier alpha value is -2.60. The Kier molecular flexibility index (Phi) is 13.1. The van der Waals surface area contributed by atoms with E-state index in [2.05, 4.69) is 24.2 Å². The number of phosphoric ester groups is 1. The topological polar surface area (TPSA) is 386 Å². The molecule has 10 atom stereocenters. The maximum atomic E-state index is 11.7. The van der Waals surface area contributed by atoms with Crippen molar-refractivity contribution in [3.63, 3.8) is 0 Å². The number of hydrogen-bond acceptors (Lipinski definition) is 16. The van der Waals surface area contributed by atoms with Crippen molar-refractivity contribution in [1.29, 1.82) is 0 Å². The first-order valence-corrected chi connectivity index (χ1v) is 14.6. The molecule has 2 saturated heterocycles. The van der Waals surface area contributed by atoms with Gasteiger partial charge in [0.1, 0.15) is 49.2 Å². The smallest absolute Gasteiger partial charge is 0.394 e. The normalized spacial score (nSPS) is 32.1. The molecule has 24 nitrogen and oxygen atoms in total. The van der Waals surface area contributed by atoms with Crippen LogP contribution in [0.25, 0.3) is 10.4 Å². The van der Waals surface area contributed by atoms with Gasteiger partial charge in [-0.15, -0.1) is 0 Å². The second-order valence-electron chi connectivity index (χ2n) is 8.61. The number of aliphatic hydroxyl groups is 6. The number of carbonyl (C=O) groups is 1.